The number of benzene rings is 1. The molecule has 0 aromatic heterocycles. The number of carbonyl (C=O) groups excluding carboxylic acids is 1. The van der Waals surface area contributed by atoms with Gasteiger partial charge in [-0.25, -0.2) is 17.2 Å². The van der Waals surface area contributed by atoms with E-state index in [2.05, 4.69) is 10.6 Å². The maximum absolute atomic E-state index is 13.6. The summed E-state index contributed by atoms with van der Waals surface area (Å²) >= 11 is 0. The predicted octanol–water partition coefficient (Wildman–Crippen LogP) is 1.17. The van der Waals surface area contributed by atoms with Crippen LogP contribution in [0, 0.1) is 11.6 Å². The van der Waals surface area contributed by atoms with Gasteiger partial charge < -0.3 is 10.6 Å². The first-order valence-electron chi connectivity index (χ1n) is 5.93. The first-order chi connectivity index (χ1) is 9.24. The van der Waals surface area contributed by atoms with Crippen LogP contribution >= 0.6 is 0 Å². The van der Waals surface area contributed by atoms with Gasteiger partial charge >= 0.3 is 0 Å². The lowest BCUT2D eigenvalue weighted by Crippen LogP contribution is -2.29. The summed E-state index contributed by atoms with van der Waals surface area (Å²) < 4.78 is 49.0. The van der Waals surface area contributed by atoms with Crippen LogP contribution in [0.1, 0.15) is 17.3 Å². The fraction of sp³-hybridized carbons (Fsp3) is 0.417. The Morgan fingerprint density at radius 2 is 1.80 bits per heavy atom. The van der Waals surface area contributed by atoms with Crippen molar-refractivity contribution in [2.24, 2.45) is 0 Å². The molecule has 5 nitrogen and oxygen atoms in total. The molecular weight excluding hydrogens is 290 g/mol. The molecule has 0 spiro atoms. The number of rotatable bonds is 6. The number of anilines is 1. The van der Waals surface area contributed by atoms with E-state index in [-0.39, 0.29) is 23.5 Å². The van der Waals surface area contributed by atoms with Crippen molar-refractivity contribution in [3.8, 4) is 0 Å². The van der Waals surface area contributed by atoms with E-state index in [1.807, 2.05) is 0 Å². The third-order valence-electron chi connectivity index (χ3n) is 2.42. The van der Waals surface area contributed by atoms with Gasteiger partial charge in [-0.1, -0.05) is 0 Å². The second kappa shape index (κ2) is 6.65. The van der Waals surface area contributed by atoms with Crippen molar-refractivity contribution in [1.82, 2.24) is 5.32 Å². The molecule has 8 heteroatoms. The average Bonchev–Trinajstić information content (AvgIpc) is 2.31. The lowest BCUT2D eigenvalue weighted by Gasteiger charge is -2.09. The summed E-state index contributed by atoms with van der Waals surface area (Å²) in [5.41, 5.74) is -0.490. The Kier molecular flexibility index (Phi) is 5.43. The third-order valence-corrected chi connectivity index (χ3v) is 3.36. The lowest BCUT2D eigenvalue weighted by atomic mass is 10.1. The van der Waals surface area contributed by atoms with Crippen LogP contribution in [0.2, 0.25) is 0 Å². The van der Waals surface area contributed by atoms with Crippen molar-refractivity contribution in [3.05, 3.63) is 29.3 Å². The van der Waals surface area contributed by atoms with Gasteiger partial charge in [0.1, 0.15) is 27.2 Å². The Morgan fingerprint density at radius 1 is 1.25 bits per heavy atom. The maximum atomic E-state index is 13.6. The molecule has 1 aromatic carbocycles. The van der Waals surface area contributed by atoms with Crippen molar-refractivity contribution >= 4 is 21.4 Å². The van der Waals surface area contributed by atoms with Gasteiger partial charge in [-0.3, -0.25) is 4.79 Å². The van der Waals surface area contributed by atoms with E-state index in [1.165, 1.54) is 0 Å². The summed E-state index contributed by atoms with van der Waals surface area (Å²) in [6.45, 7) is 1.91. The number of amides is 1. The van der Waals surface area contributed by atoms with Crippen LogP contribution in [-0.4, -0.2) is 39.4 Å². The number of halogens is 2. The minimum absolute atomic E-state index is 0.115. The summed E-state index contributed by atoms with van der Waals surface area (Å²) in [5, 5.41) is 4.80. The van der Waals surface area contributed by atoms with Crippen molar-refractivity contribution < 1.29 is 22.0 Å². The molecule has 0 unspecified atom stereocenters. The van der Waals surface area contributed by atoms with Crippen molar-refractivity contribution in [2.75, 3.05) is 30.4 Å². The van der Waals surface area contributed by atoms with Crippen LogP contribution in [-0.2, 0) is 9.84 Å². The largest absolute Gasteiger partial charge is 0.381 e. The highest BCUT2D eigenvalue weighted by Crippen LogP contribution is 2.20. The summed E-state index contributed by atoms with van der Waals surface area (Å²) in [6.07, 6.45) is 1.03. The molecule has 2 N–H and O–H groups in total. The van der Waals surface area contributed by atoms with Crippen LogP contribution in [0.5, 0.6) is 0 Å². The Balaban J connectivity index is 2.79. The molecule has 0 aliphatic carbocycles. The number of hydrogen-bond donors (Lipinski definition) is 2. The van der Waals surface area contributed by atoms with Gasteiger partial charge in [-0.2, -0.15) is 0 Å². The quantitative estimate of drug-likeness (QED) is 0.827. The molecule has 0 aliphatic rings. The first-order valence-corrected chi connectivity index (χ1v) is 7.99. The van der Waals surface area contributed by atoms with Gasteiger partial charge in [0.15, 0.2) is 0 Å². The van der Waals surface area contributed by atoms with Crippen LogP contribution in [0.3, 0.4) is 0 Å². The highest BCUT2D eigenvalue weighted by atomic mass is 32.2. The van der Waals surface area contributed by atoms with E-state index < -0.39 is 27.4 Å². The molecular formula is C12H16F2N2O3S. The summed E-state index contributed by atoms with van der Waals surface area (Å²) in [7, 11) is -3.21. The molecule has 0 radical (unpaired) electrons. The minimum Gasteiger partial charge on any atom is -0.381 e. The average molecular weight is 306 g/mol. The fourth-order valence-corrected chi connectivity index (χ4v) is 1.97. The van der Waals surface area contributed by atoms with Gasteiger partial charge in [0, 0.05) is 24.9 Å². The molecule has 1 amide bonds. The molecule has 0 atom stereocenters. The zero-order valence-corrected chi connectivity index (χ0v) is 12.0. The summed E-state index contributed by atoms with van der Waals surface area (Å²) in [6, 6.07) is 1.80. The van der Waals surface area contributed by atoms with Crippen LogP contribution < -0.4 is 10.6 Å². The number of sulfone groups is 1. The molecule has 0 saturated heterocycles. The number of carbonyl (C=O) groups is 1. The van der Waals surface area contributed by atoms with E-state index in [4.69, 9.17) is 0 Å². The fourth-order valence-electron chi connectivity index (χ4n) is 1.50. The van der Waals surface area contributed by atoms with E-state index in [9.17, 15) is 22.0 Å². The van der Waals surface area contributed by atoms with Gasteiger partial charge in [0.05, 0.1) is 5.75 Å². The van der Waals surface area contributed by atoms with Gasteiger partial charge in [-0.05, 0) is 19.1 Å². The van der Waals surface area contributed by atoms with Crippen LogP contribution in [0.15, 0.2) is 12.1 Å². The maximum Gasteiger partial charge on any atom is 0.251 e. The van der Waals surface area contributed by atoms with Crippen LogP contribution in [0.4, 0.5) is 14.5 Å². The molecule has 1 rings (SSSR count). The number of nitrogens with one attached hydrogen (secondary N) is 2. The smallest absolute Gasteiger partial charge is 0.251 e. The Morgan fingerprint density at radius 3 is 2.25 bits per heavy atom. The van der Waals surface area contributed by atoms with Gasteiger partial charge in [0.25, 0.3) is 5.91 Å². The zero-order chi connectivity index (χ0) is 15.3. The van der Waals surface area contributed by atoms with Crippen molar-refractivity contribution in [2.45, 2.75) is 6.92 Å². The van der Waals surface area contributed by atoms with Gasteiger partial charge in [0.2, 0.25) is 0 Å². The van der Waals surface area contributed by atoms with E-state index in [0.717, 1.165) is 18.4 Å². The van der Waals surface area contributed by atoms with E-state index in [1.54, 1.807) is 6.92 Å². The third kappa shape index (κ3) is 4.76. The highest BCUT2D eigenvalue weighted by molar-refractivity contribution is 7.90. The SMILES string of the molecule is CCNc1c(F)cc(C(=O)NCCS(C)(=O)=O)cc1F. The first kappa shape index (κ1) is 16.4. The Bertz CT molecular complexity index is 580. The molecule has 20 heavy (non-hydrogen) atoms. The summed E-state index contributed by atoms with van der Waals surface area (Å²) in [5.74, 6) is -2.71. The lowest BCUT2D eigenvalue weighted by molar-refractivity contribution is 0.0955. The number of hydrogen-bond acceptors (Lipinski definition) is 4. The monoisotopic (exact) mass is 306 g/mol. The predicted molar refractivity (Wildman–Crippen MR) is 72.6 cm³/mol. The van der Waals surface area contributed by atoms with Crippen molar-refractivity contribution in [3.63, 3.8) is 0 Å². The van der Waals surface area contributed by atoms with E-state index in [0.29, 0.717) is 6.54 Å². The molecule has 1 aromatic rings. The van der Waals surface area contributed by atoms with Crippen LogP contribution in [0.25, 0.3) is 0 Å². The Labute approximate surface area is 116 Å². The highest BCUT2D eigenvalue weighted by Gasteiger charge is 2.15. The molecule has 0 heterocycles. The Hall–Kier alpha value is -1.70. The zero-order valence-electron chi connectivity index (χ0n) is 11.2. The molecule has 0 bridgehead atoms. The topological polar surface area (TPSA) is 75.3 Å². The van der Waals surface area contributed by atoms with Gasteiger partial charge in [-0.15, -0.1) is 0 Å². The summed E-state index contributed by atoms with van der Waals surface area (Å²) in [4.78, 5) is 11.6. The van der Waals surface area contributed by atoms with E-state index >= 15 is 0 Å². The second-order valence-corrected chi connectivity index (χ2v) is 6.49. The minimum atomic E-state index is -3.21. The molecule has 0 aliphatic heterocycles. The molecule has 112 valence electrons. The normalized spacial score (nSPS) is 11.2. The molecule has 0 saturated carbocycles. The van der Waals surface area contributed by atoms with Crippen molar-refractivity contribution in [1.29, 1.82) is 0 Å². The standard InChI is InChI=1S/C12H16F2N2O3S/c1-3-15-11-9(13)6-8(7-10(11)14)12(17)16-4-5-20(2,18)19/h6-7,15H,3-5H2,1-2H3,(H,16,17). The second-order valence-electron chi connectivity index (χ2n) is 4.23. The molecule has 0 fully saturated rings.